The van der Waals surface area contributed by atoms with Crippen molar-refractivity contribution >= 4 is 21.9 Å². The summed E-state index contributed by atoms with van der Waals surface area (Å²) >= 11 is 0. The maximum absolute atomic E-state index is 13.2. The predicted octanol–water partition coefficient (Wildman–Crippen LogP) is 2.11. The number of rotatable bonds is 7. The summed E-state index contributed by atoms with van der Waals surface area (Å²) in [6.07, 6.45) is 0.151. The van der Waals surface area contributed by atoms with Crippen molar-refractivity contribution in [3.8, 4) is 0 Å². The van der Waals surface area contributed by atoms with Crippen molar-refractivity contribution in [1.82, 2.24) is 18.7 Å². The van der Waals surface area contributed by atoms with Gasteiger partial charge in [-0.25, -0.2) is 14.3 Å². The van der Waals surface area contributed by atoms with Crippen LogP contribution in [0.5, 0.6) is 0 Å². The van der Waals surface area contributed by atoms with Gasteiger partial charge in [0.25, 0.3) is 5.56 Å². The summed E-state index contributed by atoms with van der Waals surface area (Å²) in [6.45, 7) is -1.24. The van der Waals surface area contributed by atoms with Crippen LogP contribution in [0.25, 0.3) is 21.9 Å². The first-order valence-corrected chi connectivity index (χ1v) is 10.7. The summed E-state index contributed by atoms with van der Waals surface area (Å²) in [7, 11) is 0. The lowest BCUT2D eigenvalue weighted by molar-refractivity contribution is -0.146. The second kappa shape index (κ2) is 9.27. The molecule has 0 bridgehead atoms. The van der Waals surface area contributed by atoms with Gasteiger partial charge in [0.1, 0.15) is 19.1 Å². The van der Waals surface area contributed by atoms with Crippen LogP contribution >= 0.6 is 0 Å². The quantitative estimate of drug-likeness (QED) is 0.512. The molecule has 0 radical (unpaired) electrons. The van der Waals surface area contributed by atoms with Gasteiger partial charge in [0, 0.05) is 30.4 Å². The summed E-state index contributed by atoms with van der Waals surface area (Å²) in [5, 5.41) is 19.9. The molecule has 1 aliphatic carbocycles. The second-order valence-corrected chi connectivity index (χ2v) is 8.33. The highest BCUT2D eigenvalue weighted by Crippen LogP contribution is 2.34. The van der Waals surface area contributed by atoms with Crippen molar-refractivity contribution < 1.29 is 28.1 Å². The topological polar surface area (TPSA) is 112 Å². The molecule has 1 aliphatic rings. The molecular formula is C21H25F3N4O5. The van der Waals surface area contributed by atoms with E-state index >= 15 is 0 Å². The van der Waals surface area contributed by atoms with E-state index in [-0.39, 0.29) is 37.3 Å². The first-order chi connectivity index (χ1) is 15.7. The first-order valence-electron chi connectivity index (χ1n) is 10.7. The molecule has 4 rings (SSSR count). The van der Waals surface area contributed by atoms with Crippen LogP contribution in [0.2, 0.25) is 0 Å². The number of pyridine rings is 1. The lowest BCUT2D eigenvalue weighted by Gasteiger charge is -2.31. The van der Waals surface area contributed by atoms with Crippen molar-refractivity contribution in [3.05, 3.63) is 39.3 Å². The maximum Gasteiger partial charge on any atom is 0.391 e. The van der Waals surface area contributed by atoms with Gasteiger partial charge in [0.05, 0.1) is 23.9 Å². The molecule has 9 nitrogen and oxygen atoms in total. The molecule has 1 fully saturated rings. The predicted molar refractivity (Wildman–Crippen MR) is 113 cm³/mol. The zero-order chi connectivity index (χ0) is 23.8. The number of nitrogens with zero attached hydrogens (tertiary/aromatic N) is 4. The Labute approximate surface area is 185 Å². The zero-order valence-corrected chi connectivity index (χ0v) is 17.8. The van der Waals surface area contributed by atoms with Gasteiger partial charge in [0.2, 0.25) is 0 Å². The number of hydrogen-bond acceptors (Lipinski definition) is 6. The Balaban J connectivity index is 1.64. The molecule has 0 unspecified atom stereocenters. The van der Waals surface area contributed by atoms with Crippen LogP contribution in [0, 0.1) is 5.92 Å². The molecule has 0 aromatic carbocycles. The lowest BCUT2D eigenvalue weighted by Crippen LogP contribution is -2.42. The number of alkyl halides is 3. The van der Waals surface area contributed by atoms with E-state index in [4.69, 9.17) is 4.74 Å². The van der Waals surface area contributed by atoms with Crippen LogP contribution in [0.3, 0.4) is 0 Å². The SMILES string of the molecule is O=c1c2cnc3c(ccn3CO)c2n([C@H]2CC[C@H](COCCC(F)(F)F)CC2)c(=O)n1CO. The van der Waals surface area contributed by atoms with Crippen molar-refractivity contribution in [2.75, 3.05) is 13.2 Å². The molecule has 2 N–H and O–H groups in total. The molecule has 0 spiro atoms. The Morgan fingerprint density at radius 3 is 2.45 bits per heavy atom. The fraction of sp³-hybridized carbons (Fsp3) is 0.571. The largest absolute Gasteiger partial charge is 0.391 e. The highest BCUT2D eigenvalue weighted by Gasteiger charge is 2.29. The number of ether oxygens (including phenoxy) is 1. The molecule has 3 aromatic heterocycles. The third-order valence-electron chi connectivity index (χ3n) is 6.27. The highest BCUT2D eigenvalue weighted by molar-refractivity contribution is 6.02. The van der Waals surface area contributed by atoms with E-state index in [2.05, 4.69) is 4.98 Å². The second-order valence-electron chi connectivity index (χ2n) is 8.33. The molecule has 3 aromatic rings. The normalized spacial score (nSPS) is 19.5. The van der Waals surface area contributed by atoms with Crippen molar-refractivity contribution in [2.24, 2.45) is 5.92 Å². The molecule has 0 saturated heterocycles. The van der Waals surface area contributed by atoms with Crippen LogP contribution in [0.1, 0.15) is 38.1 Å². The Morgan fingerprint density at radius 1 is 1.09 bits per heavy atom. The van der Waals surface area contributed by atoms with Gasteiger partial charge in [-0.3, -0.25) is 9.36 Å². The molecule has 33 heavy (non-hydrogen) atoms. The molecule has 0 aliphatic heterocycles. The molecule has 180 valence electrons. The standard InChI is InChI=1S/C21H25F3N4O5/c22-21(23,24)6-8-33-10-13-1-3-14(4-2-13)28-17-15-5-7-26(11-29)18(15)25-9-16(17)19(31)27(12-30)20(28)32/h5,7,9,13-14,29-30H,1-4,6,8,10-12H2/t13-,14-. The number of aromatic nitrogens is 4. The van der Waals surface area contributed by atoms with Gasteiger partial charge in [-0.2, -0.15) is 13.2 Å². The van der Waals surface area contributed by atoms with Gasteiger partial charge in [-0.15, -0.1) is 0 Å². The Morgan fingerprint density at radius 2 is 1.82 bits per heavy atom. The highest BCUT2D eigenvalue weighted by atomic mass is 19.4. The fourth-order valence-corrected chi connectivity index (χ4v) is 4.58. The molecule has 0 atom stereocenters. The Bertz CT molecular complexity index is 1260. The van der Waals surface area contributed by atoms with Crippen molar-refractivity contribution in [3.63, 3.8) is 0 Å². The van der Waals surface area contributed by atoms with E-state index in [9.17, 15) is 33.0 Å². The molecule has 12 heteroatoms. The van der Waals surface area contributed by atoms with Gasteiger partial charge < -0.3 is 19.5 Å². The lowest BCUT2D eigenvalue weighted by atomic mass is 9.86. The average Bonchev–Trinajstić information content (AvgIpc) is 3.21. The van der Waals surface area contributed by atoms with E-state index in [1.165, 1.54) is 15.3 Å². The number of aliphatic hydroxyl groups is 2. The van der Waals surface area contributed by atoms with Gasteiger partial charge in [-0.1, -0.05) is 0 Å². The van der Waals surface area contributed by atoms with Crippen molar-refractivity contribution in [2.45, 2.75) is 57.8 Å². The summed E-state index contributed by atoms with van der Waals surface area (Å²) in [6, 6.07) is 1.41. The van der Waals surface area contributed by atoms with E-state index in [0.29, 0.717) is 42.2 Å². The maximum atomic E-state index is 13.2. The monoisotopic (exact) mass is 470 g/mol. The van der Waals surface area contributed by atoms with Crippen LogP contribution < -0.4 is 11.2 Å². The van der Waals surface area contributed by atoms with Gasteiger partial charge in [0.15, 0.2) is 0 Å². The molecular weight excluding hydrogens is 445 g/mol. The summed E-state index contributed by atoms with van der Waals surface area (Å²) in [5.41, 5.74) is -0.460. The van der Waals surface area contributed by atoms with E-state index in [1.54, 1.807) is 12.3 Å². The minimum absolute atomic E-state index is 0.0809. The van der Waals surface area contributed by atoms with Gasteiger partial charge in [-0.05, 0) is 37.7 Å². The summed E-state index contributed by atoms with van der Waals surface area (Å²) in [4.78, 5) is 30.3. The molecule has 1 saturated carbocycles. The number of halogens is 3. The number of fused-ring (bicyclic) bond motifs is 3. The molecule has 3 heterocycles. The van der Waals surface area contributed by atoms with E-state index in [1.807, 2.05) is 0 Å². The summed E-state index contributed by atoms with van der Waals surface area (Å²) in [5.74, 6) is 0.0809. The van der Waals surface area contributed by atoms with Crippen LogP contribution in [0.15, 0.2) is 28.0 Å². The third-order valence-corrected chi connectivity index (χ3v) is 6.27. The summed E-state index contributed by atoms with van der Waals surface area (Å²) < 4.78 is 45.8. The Hall–Kier alpha value is -2.70. The van der Waals surface area contributed by atoms with Gasteiger partial charge >= 0.3 is 11.9 Å². The minimum atomic E-state index is -4.25. The van der Waals surface area contributed by atoms with Crippen LogP contribution in [0.4, 0.5) is 13.2 Å². The van der Waals surface area contributed by atoms with Crippen LogP contribution in [-0.4, -0.2) is 48.3 Å². The van der Waals surface area contributed by atoms with Crippen LogP contribution in [-0.2, 0) is 18.2 Å². The number of aliphatic hydroxyl groups excluding tert-OH is 2. The average molecular weight is 470 g/mol. The third kappa shape index (κ3) is 4.55. The Kier molecular flexibility index (Phi) is 6.59. The molecule has 0 amide bonds. The van der Waals surface area contributed by atoms with E-state index in [0.717, 1.165) is 4.57 Å². The van der Waals surface area contributed by atoms with E-state index < -0.39 is 30.6 Å². The fourth-order valence-electron chi connectivity index (χ4n) is 4.58. The first kappa shape index (κ1) is 23.5. The minimum Gasteiger partial charge on any atom is -0.381 e. The zero-order valence-electron chi connectivity index (χ0n) is 17.8. The number of hydrogen-bond donors (Lipinski definition) is 2. The van der Waals surface area contributed by atoms with Crippen molar-refractivity contribution in [1.29, 1.82) is 0 Å². The smallest absolute Gasteiger partial charge is 0.381 e.